The first-order chi connectivity index (χ1) is 9.63. The predicted octanol–water partition coefficient (Wildman–Crippen LogP) is 2.90. The molecule has 0 amide bonds. The summed E-state index contributed by atoms with van der Waals surface area (Å²) in [7, 11) is 1.38. The van der Waals surface area contributed by atoms with Gasteiger partial charge < -0.3 is 15.8 Å². The van der Waals surface area contributed by atoms with Crippen molar-refractivity contribution in [2.45, 2.75) is 13.0 Å². The Labute approximate surface area is 118 Å². The third-order valence-corrected chi connectivity index (χ3v) is 3.16. The minimum Gasteiger partial charge on any atom is -0.467 e. The average molecular weight is 270 g/mol. The molecule has 0 aliphatic heterocycles. The SMILES string of the molecule is COC(=O)C(Nc1c(C)cccc1N)c1ccccc1. The van der Waals surface area contributed by atoms with E-state index < -0.39 is 6.04 Å². The van der Waals surface area contributed by atoms with Crippen LogP contribution in [0.3, 0.4) is 0 Å². The molecule has 0 saturated carbocycles. The number of carbonyl (C=O) groups is 1. The number of nitrogen functional groups attached to an aromatic ring is 1. The van der Waals surface area contributed by atoms with Gasteiger partial charge in [-0.1, -0.05) is 42.5 Å². The summed E-state index contributed by atoms with van der Waals surface area (Å²) in [6.07, 6.45) is 0. The van der Waals surface area contributed by atoms with E-state index in [4.69, 9.17) is 10.5 Å². The molecule has 20 heavy (non-hydrogen) atoms. The first-order valence-electron chi connectivity index (χ1n) is 6.38. The van der Waals surface area contributed by atoms with E-state index in [1.54, 1.807) is 6.07 Å². The summed E-state index contributed by atoms with van der Waals surface area (Å²) in [4.78, 5) is 12.0. The molecule has 0 radical (unpaired) electrons. The van der Waals surface area contributed by atoms with Gasteiger partial charge in [-0.25, -0.2) is 4.79 Å². The molecule has 2 rings (SSSR count). The van der Waals surface area contributed by atoms with Gasteiger partial charge in [-0.15, -0.1) is 0 Å². The number of anilines is 2. The van der Waals surface area contributed by atoms with Crippen molar-refractivity contribution in [1.29, 1.82) is 0 Å². The highest BCUT2D eigenvalue weighted by molar-refractivity contribution is 5.83. The minimum absolute atomic E-state index is 0.348. The lowest BCUT2D eigenvalue weighted by molar-refractivity contribution is -0.141. The van der Waals surface area contributed by atoms with Gasteiger partial charge in [0.2, 0.25) is 0 Å². The lowest BCUT2D eigenvalue weighted by atomic mass is 10.1. The summed E-state index contributed by atoms with van der Waals surface area (Å²) >= 11 is 0. The van der Waals surface area contributed by atoms with Crippen LogP contribution in [-0.4, -0.2) is 13.1 Å². The number of rotatable bonds is 4. The van der Waals surface area contributed by atoms with Crippen molar-refractivity contribution >= 4 is 17.3 Å². The number of hydrogen-bond donors (Lipinski definition) is 2. The number of esters is 1. The molecule has 1 unspecified atom stereocenters. The van der Waals surface area contributed by atoms with E-state index in [1.807, 2.05) is 49.4 Å². The Bertz CT molecular complexity index is 576. The minimum atomic E-state index is -0.579. The van der Waals surface area contributed by atoms with Gasteiger partial charge in [-0.05, 0) is 24.1 Å². The highest BCUT2D eigenvalue weighted by Gasteiger charge is 2.22. The molecule has 2 aromatic carbocycles. The molecule has 1 atom stereocenters. The van der Waals surface area contributed by atoms with Gasteiger partial charge in [0, 0.05) is 0 Å². The number of nitrogens with two attached hydrogens (primary N) is 1. The molecule has 4 nitrogen and oxygen atoms in total. The Morgan fingerprint density at radius 1 is 1.15 bits per heavy atom. The molecule has 0 aromatic heterocycles. The summed E-state index contributed by atoms with van der Waals surface area (Å²) in [5.74, 6) is -0.348. The van der Waals surface area contributed by atoms with E-state index in [-0.39, 0.29) is 5.97 Å². The maximum Gasteiger partial charge on any atom is 0.332 e. The van der Waals surface area contributed by atoms with Crippen molar-refractivity contribution < 1.29 is 9.53 Å². The highest BCUT2D eigenvalue weighted by Crippen LogP contribution is 2.28. The fraction of sp³-hybridized carbons (Fsp3) is 0.188. The van der Waals surface area contributed by atoms with Gasteiger partial charge in [0.15, 0.2) is 6.04 Å². The first kappa shape index (κ1) is 13.9. The van der Waals surface area contributed by atoms with Crippen LogP contribution in [0.1, 0.15) is 17.2 Å². The standard InChI is InChI=1S/C16H18N2O2/c1-11-7-6-10-13(17)14(11)18-15(16(19)20-2)12-8-4-3-5-9-12/h3-10,15,18H,17H2,1-2H3. The maximum atomic E-state index is 12.0. The van der Waals surface area contributed by atoms with Crippen molar-refractivity contribution in [3.05, 3.63) is 59.7 Å². The number of aryl methyl sites for hydroxylation is 1. The molecule has 104 valence electrons. The maximum absolute atomic E-state index is 12.0. The molecule has 0 aliphatic rings. The number of carbonyl (C=O) groups excluding carboxylic acids is 1. The Morgan fingerprint density at radius 3 is 2.45 bits per heavy atom. The summed E-state index contributed by atoms with van der Waals surface area (Å²) in [5.41, 5.74) is 9.15. The second-order valence-corrected chi connectivity index (χ2v) is 4.55. The number of benzene rings is 2. The summed E-state index contributed by atoms with van der Waals surface area (Å²) in [5, 5.41) is 3.18. The van der Waals surface area contributed by atoms with E-state index in [1.165, 1.54) is 7.11 Å². The Balaban J connectivity index is 2.37. The monoisotopic (exact) mass is 270 g/mol. The molecular weight excluding hydrogens is 252 g/mol. The molecule has 0 spiro atoms. The van der Waals surface area contributed by atoms with Crippen LogP contribution in [0.5, 0.6) is 0 Å². The smallest absolute Gasteiger partial charge is 0.332 e. The summed E-state index contributed by atoms with van der Waals surface area (Å²) < 4.78 is 4.88. The second-order valence-electron chi connectivity index (χ2n) is 4.55. The zero-order valence-corrected chi connectivity index (χ0v) is 11.6. The van der Waals surface area contributed by atoms with E-state index in [9.17, 15) is 4.79 Å². The predicted molar refractivity (Wildman–Crippen MR) is 80.4 cm³/mol. The van der Waals surface area contributed by atoms with E-state index in [2.05, 4.69) is 5.32 Å². The van der Waals surface area contributed by atoms with Gasteiger partial charge >= 0.3 is 5.97 Å². The van der Waals surface area contributed by atoms with Crippen molar-refractivity contribution in [3.63, 3.8) is 0 Å². The van der Waals surface area contributed by atoms with E-state index >= 15 is 0 Å². The molecule has 0 fully saturated rings. The van der Waals surface area contributed by atoms with Gasteiger partial charge in [0.1, 0.15) is 0 Å². The van der Waals surface area contributed by atoms with Crippen molar-refractivity contribution in [2.24, 2.45) is 0 Å². The van der Waals surface area contributed by atoms with E-state index in [0.717, 1.165) is 16.8 Å². The quantitative estimate of drug-likeness (QED) is 0.662. The third-order valence-electron chi connectivity index (χ3n) is 3.16. The third kappa shape index (κ3) is 2.91. The van der Waals surface area contributed by atoms with Crippen molar-refractivity contribution in [1.82, 2.24) is 0 Å². The van der Waals surface area contributed by atoms with Crippen LogP contribution in [0.4, 0.5) is 11.4 Å². The highest BCUT2D eigenvalue weighted by atomic mass is 16.5. The normalized spacial score (nSPS) is 11.7. The fourth-order valence-corrected chi connectivity index (χ4v) is 2.07. The van der Waals surface area contributed by atoms with Crippen LogP contribution < -0.4 is 11.1 Å². The lowest BCUT2D eigenvalue weighted by Crippen LogP contribution is -2.23. The molecule has 0 heterocycles. The Morgan fingerprint density at radius 2 is 1.85 bits per heavy atom. The summed E-state index contributed by atoms with van der Waals surface area (Å²) in [6.45, 7) is 1.94. The number of hydrogen-bond acceptors (Lipinski definition) is 4. The Kier molecular flexibility index (Phi) is 4.25. The molecule has 3 N–H and O–H groups in total. The molecular formula is C16H18N2O2. The molecule has 0 aliphatic carbocycles. The zero-order valence-electron chi connectivity index (χ0n) is 11.6. The molecule has 2 aromatic rings. The van der Waals surface area contributed by atoms with Gasteiger partial charge in [0.25, 0.3) is 0 Å². The number of para-hydroxylation sites is 1. The van der Waals surface area contributed by atoms with Gasteiger partial charge in [-0.3, -0.25) is 0 Å². The topological polar surface area (TPSA) is 64.3 Å². The number of methoxy groups -OCH3 is 1. The van der Waals surface area contributed by atoms with Crippen LogP contribution in [0.15, 0.2) is 48.5 Å². The van der Waals surface area contributed by atoms with Gasteiger partial charge in [-0.2, -0.15) is 0 Å². The average Bonchev–Trinajstić information content (AvgIpc) is 2.47. The Hall–Kier alpha value is -2.49. The molecule has 0 bridgehead atoms. The lowest BCUT2D eigenvalue weighted by Gasteiger charge is -2.20. The van der Waals surface area contributed by atoms with Crippen LogP contribution in [-0.2, 0) is 9.53 Å². The molecule has 4 heteroatoms. The van der Waals surface area contributed by atoms with Crippen LogP contribution in [0, 0.1) is 6.92 Å². The zero-order chi connectivity index (χ0) is 14.5. The number of nitrogens with one attached hydrogen (secondary N) is 1. The van der Waals surface area contributed by atoms with Gasteiger partial charge in [0.05, 0.1) is 18.5 Å². The summed E-state index contributed by atoms with van der Waals surface area (Å²) in [6, 6.07) is 14.5. The number of ether oxygens (including phenoxy) is 1. The van der Waals surface area contributed by atoms with E-state index in [0.29, 0.717) is 5.69 Å². The molecule has 0 saturated heterocycles. The van der Waals surface area contributed by atoms with Crippen molar-refractivity contribution in [3.8, 4) is 0 Å². The van der Waals surface area contributed by atoms with Crippen molar-refractivity contribution in [2.75, 3.05) is 18.2 Å². The fourth-order valence-electron chi connectivity index (χ4n) is 2.07. The van der Waals surface area contributed by atoms with Crippen LogP contribution in [0.25, 0.3) is 0 Å². The van der Waals surface area contributed by atoms with Crippen LogP contribution in [0.2, 0.25) is 0 Å². The largest absolute Gasteiger partial charge is 0.467 e. The van der Waals surface area contributed by atoms with Crippen LogP contribution >= 0.6 is 0 Å². The second kappa shape index (κ2) is 6.10. The first-order valence-corrected chi connectivity index (χ1v) is 6.38.